The van der Waals surface area contributed by atoms with E-state index in [9.17, 15) is 13.6 Å². The number of aldehydes is 1. The zero-order valence-corrected chi connectivity index (χ0v) is 17.8. The summed E-state index contributed by atoms with van der Waals surface area (Å²) in [5.41, 5.74) is 0.567. The Morgan fingerprint density at radius 3 is 2.27 bits per heavy atom. The second kappa shape index (κ2) is 8.55. The van der Waals surface area contributed by atoms with Gasteiger partial charge in [-0.2, -0.15) is 0 Å². The van der Waals surface area contributed by atoms with E-state index in [1.807, 2.05) is 6.07 Å². The molecule has 5 nitrogen and oxygen atoms in total. The molecule has 1 saturated carbocycles. The van der Waals surface area contributed by atoms with Crippen LogP contribution in [-0.2, 0) is 4.79 Å². The van der Waals surface area contributed by atoms with Crippen LogP contribution in [0.3, 0.4) is 0 Å². The van der Waals surface area contributed by atoms with Gasteiger partial charge in [-0.05, 0) is 62.4 Å². The fourth-order valence-corrected chi connectivity index (χ4v) is 4.52. The third-order valence-corrected chi connectivity index (χ3v) is 6.33. The number of hydrogen-bond donors (Lipinski definition) is 0. The fraction of sp³-hybridized carbons (Fsp3) is 0.500. The smallest absolute Gasteiger partial charge is 0.151 e. The van der Waals surface area contributed by atoms with Gasteiger partial charge in [-0.3, -0.25) is 4.90 Å². The summed E-state index contributed by atoms with van der Waals surface area (Å²) in [6.07, 6.45) is 2.44. The topological polar surface area (TPSA) is 49.3 Å². The van der Waals surface area contributed by atoms with Gasteiger partial charge in [-0.15, -0.1) is 10.2 Å². The van der Waals surface area contributed by atoms with E-state index in [0.29, 0.717) is 30.4 Å². The zero-order chi connectivity index (χ0) is 21.4. The van der Waals surface area contributed by atoms with Crippen LogP contribution in [0, 0.1) is 11.6 Å². The van der Waals surface area contributed by atoms with Crippen molar-refractivity contribution in [3.05, 3.63) is 52.2 Å². The maximum absolute atomic E-state index is 14.5. The lowest BCUT2D eigenvalue weighted by Crippen LogP contribution is -2.57. The van der Waals surface area contributed by atoms with Gasteiger partial charge in [0.05, 0.1) is 5.92 Å². The van der Waals surface area contributed by atoms with Crippen LogP contribution in [0.2, 0.25) is 5.15 Å². The van der Waals surface area contributed by atoms with Crippen LogP contribution in [0.4, 0.5) is 14.6 Å². The summed E-state index contributed by atoms with van der Waals surface area (Å²) in [5.74, 6) is -0.922. The van der Waals surface area contributed by atoms with E-state index in [0.717, 1.165) is 24.9 Å². The van der Waals surface area contributed by atoms with Crippen LogP contribution in [-0.4, -0.2) is 53.1 Å². The molecule has 0 radical (unpaired) electrons. The molecule has 8 heteroatoms. The average molecular weight is 435 g/mol. The molecule has 2 fully saturated rings. The Morgan fingerprint density at radius 1 is 1.13 bits per heavy atom. The molecule has 1 aromatic carbocycles. The molecular weight excluding hydrogens is 410 g/mol. The number of carbonyl (C=O) groups is 1. The number of piperazine rings is 1. The average Bonchev–Trinajstić information content (AvgIpc) is 3.52. The van der Waals surface area contributed by atoms with Crippen molar-refractivity contribution in [2.45, 2.75) is 50.6 Å². The van der Waals surface area contributed by atoms with Gasteiger partial charge in [0.15, 0.2) is 11.0 Å². The molecule has 2 aromatic rings. The lowest BCUT2D eigenvalue weighted by molar-refractivity contribution is -0.109. The Kier molecular flexibility index (Phi) is 6.02. The first-order valence-electron chi connectivity index (χ1n) is 10.3. The van der Waals surface area contributed by atoms with Crippen LogP contribution in [0.5, 0.6) is 0 Å². The number of halogens is 3. The molecule has 1 saturated heterocycles. The number of carbonyl (C=O) groups excluding carboxylic acids is 1. The number of rotatable bonds is 6. The van der Waals surface area contributed by atoms with E-state index < -0.39 is 17.6 Å². The Labute approximate surface area is 180 Å². The van der Waals surface area contributed by atoms with Crippen molar-refractivity contribution >= 4 is 23.7 Å². The second-order valence-corrected chi connectivity index (χ2v) is 8.82. The van der Waals surface area contributed by atoms with Crippen LogP contribution in [0.25, 0.3) is 0 Å². The van der Waals surface area contributed by atoms with E-state index in [-0.39, 0.29) is 23.6 Å². The Hall–Kier alpha value is -2.12. The van der Waals surface area contributed by atoms with Crippen molar-refractivity contribution < 1.29 is 13.6 Å². The molecule has 1 aliphatic carbocycles. The quantitative estimate of drug-likeness (QED) is 0.639. The Bertz CT molecular complexity index is 887. The van der Waals surface area contributed by atoms with Gasteiger partial charge in [0.1, 0.15) is 17.9 Å². The number of aromatic nitrogens is 2. The fourth-order valence-electron chi connectivity index (χ4n) is 4.42. The first-order chi connectivity index (χ1) is 14.4. The molecule has 30 heavy (non-hydrogen) atoms. The summed E-state index contributed by atoms with van der Waals surface area (Å²) >= 11 is 5.83. The molecule has 2 heterocycles. The maximum Gasteiger partial charge on any atom is 0.151 e. The third-order valence-electron chi connectivity index (χ3n) is 6.13. The Balaban J connectivity index is 1.48. The minimum Gasteiger partial charge on any atom is -0.352 e. The van der Waals surface area contributed by atoms with E-state index in [2.05, 4.69) is 33.8 Å². The predicted octanol–water partition coefficient (Wildman–Crippen LogP) is 4.17. The van der Waals surface area contributed by atoms with Crippen molar-refractivity contribution in [1.82, 2.24) is 15.1 Å². The summed E-state index contributed by atoms with van der Waals surface area (Å²) in [6.45, 7) is 5.97. The van der Waals surface area contributed by atoms with Crippen molar-refractivity contribution in [3.8, 4) is 0 Å². The highest BCUT2D eigenvalue weighted by Crippen LogP contribution is 2.43. The normalized spacial score (nSPS) is 23.4. The summed E-state index contributed by atoms with van der Waals surface area (Å²) < 4.78 is 29.0. The first-order valence-corrected chi connectivity index (χ1v) is 10.7. The highest BCUT2D eigenvalue weighted by atomic mass is 35.5. The van der Waals surface area contributed by atoms with Gasteiger partial charge in [0, 0.05) is 37.3 Å². The molecule has 0 amide bonds. The molecule has 2 aliphatic rings. The number of benzene rings is 1. The standard InChI is InChI=1S/C22H25ClF2N4O/c1-13-9-28(21-6-5-20(23)26-27-21)10-14(2)29(13)11-17(12-30)16-7-18(24)22(15-3-4-15)19(25)8-16/h5-8,12-15,17H,3-4,9-11H2,1-2H3/t13-,14+,17?. The van der Waals surface area contributed by atoms with Gasteiger partial charge >= 0.3 is 0 Å². The zero-order valence-electron chi connectivity index (χ0n) is 17.1. The molecule has 1 aliphatic heterocycles. The predicted molar refractivity (Wildman–Crippen MR) is 112 cm³/mol. The maximum atomic E-state index is 14.5. The van der Waals surface area contributed by atoms with E-state index in [4.69, 9.17) is 11.6 Å². The molecule has 3 atom stereocenters. The summed E-state index contributed by atoms with van der Waals surface area (Å²) in [5, 5.41) is 8.41. The number of nitrogens with zero attached hydrogens (tertiary/aromatic N) is 4. The first kappa shape index (κ1) is 21.1. The van der Waals surface area contributed by atoms with Crippen molar-refractivity contribution in [3.63, 3.8) is 0 Å². The minimum atomic E-state index is -0.589. The molecular formula is C22H25ClF2N4O. The van der Waals surface area contributed by atoms with Crippen molar-refractivity contribution in [1.29, 1.82) is 0 Å². The van der Waals surface area contributed by atoms with Gasteiger partial charge < -0.3 is 9.69 Å². The minimum absolute atomic E-state index is 0.0159. The van der Waals surface area contributed by atoms with Crippen molar-refractivity contribution in [2.24, 2.45) is 0 Å². The molecule has 1 unspecified atom stereocenters. The molecule has 0 N–H and O–H groups in total. The molecule has 160 valence electrons. The highest BCUT2D eigenvalue weighted by molar-refractivity contribution is 6.29. The highest BCUT2D eigenvalue weighted by Gasteiger charge is 2.34. The number of hydrogen-bond acceptors (Lipinski definition) is 5. The lowest BCUT2D eigenvalue weighted by atomic mass is 9.95. The lowest BCUT2D eigenvalue weighted by Gasteiger charge is -2.45. The second-order valence-electron chi connectivity index (χ2n) is 8.43. The van der Waals surface area contributed by atoms with E-state index in [1.165, 1.54) is 12.1 Å². The van der Waals surface area contributed by atoms with Gasteiger partial charge in [0.25, 0.3) is 0 Å². The summed E-state index contributed by atoms with van der Waals surface area (Å²) in [7, 11) is 0. The summed E-state index contributed by atoms with van der Waals surface area (Å²) in [4.78, 5) is 16.2. The molecule has 0 spiro atoms. The van der Waals surface area contributed by atoms with Crippen LogP contribution in [0.1, 0.15) is 49.7 Å². The third kappa shape index (κ3) is 4.32. The molecule has 4 rings (SSSR count). The van der Waals surface area contributed by atoms with Crippen LogP contribution in [0.15, 0.2) is 24.3 Å². The van der Waals surface area contributed by atoms with Gasteiger partial charge in [0.2, 0.25) is 0 Å². The number of anilines is 1. The van der Waals surface area contributed by atoms with Crippen LogP contribution >= 0.6 is 11.6 Å². The van der Waals surface area contributed by atoms with Crippen molar-refractivity contribution in [2.75, 3.05) is 24.5 Å². The van der Waals surface area contributed by atoms with E-state index in [1.54, 1.807) is 6.07 Å². The van der Waals surface area contributed by atoms with Gasteiger partial charge in [-0.1, -0.05) is 11.6 Å². The monoisotopic (exact) mass is 434 g/mol. The van der Waals surface area contributed by atoms with E-state index >= 15 is 0 Å². The SMILES string of the molecule is C[C@@H]1CN(c2ccc(Cl)nn2)C[C@H](C)N1CC(C=O)c1cc(F)c(C2CC2)c(F)c1. The Morgan fingerprint density at radius 2 is 1.77 bits per heavy atom. The van der Waals surface area contributed by atoms with Crippen LogP contribution < -0.4 is 4.90 Å². The molecule has 1 aromatic heterocycles. The van der Waals surface area contributed by atoms with Gasteiger partial charge in [-0.25, -0.2) is 8.78 Å². The molecule has 0 bridgehead atoms. The summed E-state index contributed by atoms with van der Waals surface area (Å²) in [6, 6.07) is 6.46. The largest absolute Gasteiger partial charge is 0.352 e.